The van der Waals surface area contributed by atoms with Gasteiger partial charge in [0.15, 0.2) is 0 Å². The first-order chi connectivity index (χ1) is 10.6. The Labute approximate surface area is 134 Å². The van der Waals surface area contributed by atoms with Gasteiger partial charge in [-0.25, -0.2) is 4.79 Å². The molecule has 2 N–H and O–H groups in total. The third kappa shape index (κ3) is 4.77. The third-order valence-corrected chi connectivity index (χ3v) is 3.51. The Kier molecular flexibility index (Phi) is 4.77. The van der Waals surface area contributed by atoms with Crippen LogP contribution in [0.5, 0.6) is 0 Å². The molecule has 0 saturated carbocycles. The molecule has 1 saturated heterocycles. The fraction of sp³-hybridized carbons (Fsp3) is 0.562. The van der Waals surface area contributed by atoms with Crippen LogP contribution in [0.2, 0.25) is 0 Å². The van der Waals surface area contributed by atoms with E-state index in [9.17, 15) is 18.0 Å². The molecule has 0 radical (unpaired) electrons. The molecule has 1 heterocycles. The van der Waals surface area contributed by atoms with Crippen LogP contribution in [0, 0.1) is 0 Å². The van der Waals surface area contributed by atoms with Gasteiger partial charge in [-0.3, -0.25) is 0 Å². The molecule has 4 nitrogen and oxygen atoms in total. The van der Waals surface area contributed by atoms with Crippen LogP contribution >= 0.6 is 0 Å². The number of halogens is 3. The van der Waals surface area contributed by atoms with Gasteiger partial charge in [0.05, 0.1) is 16.9 Å². The van der Waals surface area contributed by atoms with E-state index in [1.807, 2.05) is 4.90 Å². The van der Waals surface area contributed by atoms with Gasteiger partial charge in [-0.1, -0.05) is 0 Å². The van der Waals surface area contributed by atoms with Crippen LogP contribution in [-0.2, 0) is 6.18 Å². The highest BCUT2D eigenvalue weighted by molar-refractivity contribution is 5.93. The fourth-order valence-electron chi connectivity index (χ4n) is 2.54. The quantitative estimate of drug-likeness (QED) is 0.853. The molecule has 2 amide bonds. The van der Waals surface area contributed by atoms with E-state index >= 15 is 0 Å². The highest BCUT2D eigenvalue weighted by Gasteiger charge is 2.32. The number of amides is 2. The lowest BCUT2D eigenvalue weighted by Gasteiger charge is -2.25. The number of carbonyl (C=O) groups excluding carboxylic acids is 1. The zero-order chi connectivity index (χ0) is 17.3. The van der Waals surface area contributed by atoms with Gasteiger partial charge in [0.1, 0.15) is 0 Å². The largest absolute Gasteiger partial charge is 0.416 e. The molecule has 0 bridgehead atoms. The zero-order valence-electron chi connectivity index (χ0n) is 13.5. The van der Waals surface area contributed by atoms with E-state index in [0.29, 0.717) is 5.69 Å². The average Bonchev–Trinajstić information content (AvgIpc) is 2.88. The van der Waals surface area contributed by atoms with Gasteiger partial charge in [0.25, 0.3) is 0 Å². The van der Waals surface area contributed by atoms with E-state index in [2.05, 4.69) is 10.6 Å². The molecule has 0 aliphatic carbocycles. The summed E-state index contributed by atoms with van der Waals surface area (Å²) in [7, 11) is 0. The number of hydrogen-bond donors (Lipinski definition) is 2. The molecular formula is C16H22F3N3O. The molecule has 0 unspecified atom stereocenters. The van der Waals surface area contributed by atoms with Gasteiger partial charge < -0.3 is 15.5 Å². The van der Waals surface area contributed by atoms with Crippen molar-refractivity contribution in [3.05, 3.63) is 23.8 Å². The van der Waals surface area contributed by atoms with Gasteiger partial charge in [-0.05, 0) is 51.8 Å². The first-order valence-electron chi connectivity index (χ1n) is 7.62. The molecule has 128 valence electrons. The summed E-state index contributed by atoms with van der Waals surface area (Å²) in [6, 6.07) is 2.97. The molecule has 23 heavy (non-hydrogen) atoms. The van der Waals surface area contributed by atoms with Gasteiger partial charge >= 0.3 is 12.2 Å². The lowest BCUT2D eigenvalue weighted by atomic mass is 10.1. The van der Waals surface area contributed by atoms with Gasteiger partial charge in [0, 0.05) is 18.6 Å². The first kappa shape index (κ1) is 17.4. The molecule has 1 aliphatic rings. The SMILES string of the molecule is CC(C)(C)NC(=O)Nc1cc(C(F)(F)F)ccc1N1CCCC1. The lowest BCUT2D eigenvalue weighted by molar-refractivity contribution is -0.137. The van der Waals surface area contributed by atoms with Crippen molar-refractivity contribution in [3.8, 4) is 0 Å². The lowest BCUT2D eigenvalue weighted by Crippen LogP contribution is -2.43. The topological polar surface area (TPSA) is 44.4 Å². The van der Waals surface area contributed by atoms with Crippen LogP contribution in [0.25, 0.3) is 0 Å². The summed E-state index contributed by atoms with van der Waals surface area (Å²) in [5.41, 5.74) is -0.436. The normalized spacial score (nSPS) is 15.7. The van der Waals surface area contributed by atoms with Crippen LogP contribution in [-0.4, -0.2) is 24.7 Å². The van der Waals surface area contributed by atoms with Crippen molar-refractivity contribution >= 4 is 17.4 Å². The third-order valence-electron chi connectivity index (χ3n) is 3.51. The van der Waals surface area contributed by atoms with E-state index in [-0.39, 0.29) is 5.69 Å². The van der Waals surface area contributed by atoms with Gasteiger partial charge in [0.2, 0.25) is 0 Å². The van der Waals surface area contributed by atoms with Crippen molar-refractivity contribution in [2.24, 2.45) is 0 Å². The van der Waals surface area contributed by atoms with Crippen LogP contribution in [0.15, 0.2) is 18.2 Å². The fourth-order valence-corrected chi connectivity index (χ4v) is 2.54. The molecule has 1 aromatic rings. The van der Waals surface area contributed by atoms with Crippen LogP contribution in [0.4, 0.5) is 29.3 Å². The maximum Gasteiger partial charge on any atom is 0.416 e. The van der Waals surface area contributed by atoms with Gasteiger partial charge in [-0.2, -0.15) is 13.2 Å². The second kappa shape index (κ2) is 6.29. The smallest absolute Gasteiger partial charge is 0.370 e. The predicted molar refractivity (Wildman–Crippen MR) is 84.8 cm³/mol. The second-order valence-electron chi connectivity index (χ2n) is 6.75. The minimum absolute atomic E-state index is 0.184. The summed E-state index contributed by atoms with van der Waals surface area (Å²) in [5, 5.41) is 5.26. The van der Waals surface area contributed by atoms with E-state index in [1.54, 1.807) is 20.8 Å². The first-order valence-corrected chi connectivity index (χ1v) is 7.62. The van der Waals surface area contributed by atoms with Crippen LogP contribution in [0.1, 0.15) is 39.2 Å². The molecule has 0 aromatic heterocycles. The predicted octanol–water partition coefficient (Wildman–Crippen LogP) is 4.23. The van der Waals surface area contributed by atoms with Crippen molar-refractivity contribution in [1.82, 2.24) is 5.32 Å². The van der Waals surface area contributed by atoms with Crippen molar-refractivity contribution in [1.29, 1.82) is 0 Å². The highest BCUT2D eigenvalue weighted by atomic mass is 19.4. The Morgan fingerprint density at radius 2 is 1.74 bits per heavy atom. The monoisotopic (exact) mass is 329 g/mol. The Morgan fingerprint density at radius 3 is 2.26 bits per heavy atom. The van der Waals surface area contributed by atoms with E-state index in [4.69, 9.17) is 0 Å². The number of hydrogen-bond acceptors (Lipinski definition) is 2. The zero-order valence-corrected chi connectivity index (χ0v) is 13.5. The number of carbonyl (C=O) groups is 1. The van der Waals surface area contributed by atoms with E-state index in [0.717, 1.165) is 38.1 Å². The number of rotatable bonds is 2. The van der Waals surface area contributed by atoms with Crippen molar-refractivity contribution in [2.75, 3.05) is 23.3 Å². The minimum Gasteiger partial charge on any atom is -0.370 e. The summed E-state index contributed by atoms with van der Waals surface area (Å²) in [6.45, 7) is 6.97. The minimum atomic E-state index is -4.44. The highest BCUT2D eigenvalue weighted by Crippen LogP contribution is 2.36. The van der Waals surface area contributed by atoms with E-state index in [1.165, 1.54) is 6.07 Å². The van der Waals surface area contributed by atoms with Crippen LogP contribution < -0.4 is 15.5 Å². The molecule has 2 rings (SSSR count). The summed E-state index contributed by atoms with van der Waals surface area (Å²) < 4.78 is 38.8. The van der Waals surface area contributed by atoms with Crippen molar-refractivity contribution in [2.45, 2.75) is 45.3 Å². The molecule has 0 spiro atoms. The number of alkyl halides is 3. The number of anilines is 2. The number of nitrogens with zero attached hydrogens (tertiary/aromatic N) is 1. The molecule has 1 aromatic carbocycles. The maximum atomic E-state index is 12.9. The molecule has 7 heteroatoms. The standard InChI is InChI=1S/C16H22F3N3O/c1-15(2,3)21-14(23)20-12-10-11(16(17,18)19)6-7-13(12)22-8-4-5-9-22/h6-7,10H,4-5,8-9H2,1-3H3,(H2,20,21,23). The molecule has 1 aliphatic heterocycles. The Hall–Kier alpha value is -1.92. The number of urea groups is 1. The average molecular weight is 329 g/mol. The summed E-state index contributed by atoms with van der Waals surface area (Å²) >= 11 is 0. The summed E-state index contributed by atoms with van der Waals surface area (Å²) in [4.78, 5) is 14.0. The van der Waals surface area contributed by atoms with Gasteiger partial charge in [-0.15, -0.1) is 0 Å². The molecule has 0 atom stereocenters. The number of nitrogens with one attached hydrogen (secondary N) is 2. The van der Waals surface area contributed by atoms with Crippen molar-refractivity contribution < 1.29 is 18.0 Å². The number of benzene rings is 1. The Morgan fingerprint density at radius 1 is 1.13 bits per heavy atom. The molecule has 1 fully saturated rings. The Bertz CT molecular complexity index is 573. The summed E-state index contributed by atoms with van der Waals surface area (Å²) in [5.74, 6) is 0. The van der Waals surface area contributed by atoms with Crippen LogP contribution in [0.3, 0.4) is 0 Å². The molecular weight excluding hydrogens is 307 g/mol. The summed E-state index contributed by atoms with van der Waals surface area (Å²) in [6.07, 6.45) is -2.45. The second-order valence-corrected chi connectivity index (χ2v) is 6.75. The maximum absolute atomic E-state index is 12.9. The van der Waals surface area contributed by atoms with Crippen molar-refractivity contribution in [3.63, 3.8) is 0 Å². The van der Waals surface area contributed by atoms with E-state index < -0.39 is 23.3 Å². The Balaban J connectivity index is 2.30.